The Morgan fingerprint density at radius 2 is 1.88 bits per heavy atom. The highest BCUT2D eigenvalue weighted by molar-refractivity contribution is 14.1. The van der Waals surface area contributed by atoms with Crippen molar-refractivity contribution >= 4 is 52.2 Å². The Kier molecular flexibility index (Phi) is 4.49. The van der Waals surface area contributed by atoms with Crippen molar-refractivity contribution in [3.05, 3.63) is 16.1 Å². The summed E-state index contributed by atoms with van der Waals surface area (Å²) in [5.41, 5.74) is 0. The molecule has 0 saturated heterocycles. The van der Waals surface area contributed by atoms with Crippen molar-refractivity contribution in [2.75, 3.05) is 11.5 Å². The number of hydrogen-bond donors (Lipinski definition) is 0. The number of nitrogens with zero attached hydrogens (tertiary/aromatic N) is 2. The summed E-state index contributed by atoms with van der Waals surface area (Å²) < 4.78 is 45.0. The molecule has 0 bridgehead atoms. The van der Waals surface area contributed by atoms with Crippen LogP contribution in [0.2, 0.25) is 0 Å². The molecule has 0 aliphatic heterocycles. The zero-order chi connectivity index (χ0) is 12.4. The van der Waals surface area contributed by atoms with Crippen molar-refractivity contribution in [3.8, 4) is 0 Å². The van der Waals surface area contributed by atoms with Crippen molar-refractivity contribution in [2.45, 2.75) is 5.03 Å². The molecule has 1 aromatic rings. The maximum Gasteiger partial charge on any atom is 0.233 e. The normalized spacial score (nSPS) is 12.6. The summed E-state index contributed by atoms with van der Waals surface area (Å²) >= 11 is 1.76. The molecule has 0 aromatic carbocycles. The summed E-state index contributed by atoms with van der Waals surface area (Å²) in [6.07, 6.45) is 2.42. The number of rotatable bonds is 4. The first-order valence-electron chi connectivity index (χ1n) is 3.83. The summed E-state index contributed by atoms with van der Waals surface area (Å²) in [5.74, 6) is -1.23. The Bertz CT molecular complexity index is 586. The Hall–Kier alpha value is -0.000000000000000222. The second-order valence-corrected chi connectivity index (χ2v) is 8.82. The maximum atomic E-state index is 11.7. The van der Waals surface area contributed by atoms with Crippen molar-refractivity contribution in [2.24, 2.45) is 0 Å². The van der Waals surface area contributed by atoms with Crippen LogP contribution < -0.4 is 0 Å². The van der Waals surface area contributed by atoms with Crippen LogP contribution in [0.3, 0.4) is 0 Å². The van der Waals surface area contributed by atoms with E-state index in [0.29, 0.717) is 3.57 Å². The molecular weight excluding hydrogens is 391 g/mol. The van der Waals surface area contributed by atoms with Gasteiger partial charge in [0.2, 0.25) is 9.05 Å². The molecule has 0 radical (unpaired) electrons. The fourth-order valence-electron chi connectivity index (χ4n) is 0.836. The Balaban J connectivity index is 3.01. The molecule has 0 unspecified atom stereocenters. The van der Waals surface area contributed by atoms with Gasteiger partial charge in [0, 0.05) is 16.9 Å². The third-order valence-electron chi connectivity index (χ3n) is 1.52. The minimum absolute atomic E-state index is 0.177. The van der Waals surface area contributed by atoms with Gasteiger partial charge in [-0.05, 0) is 22.6 Å². The van der Waals surface area contributed by atoms with Crippen LogP contribution in [0, 0.1) is 3.57 Å². The van der Waals surface area contributed by atoms with E-state index in [1.165, 1.54) is 6.20 Å². The summed E-state index contributed by atoms with van der Waals surface area (Å²) in [6, 6.07) is 0. The van der Waals surface area contributed by atoms with Crippen LogP contribution in [-0.2, 0) is 18.9 Å². The summed E-state index contributed by atoms with van der Waals surface area (Å²) in [5, 5.41) is -0.177. The standard InChI is InChI=1S/C6H6ClIN2O4S2/c7-16(13,14)2-1-15(11,12)6-5(8)3-9-4-10-6/h3-4H,1-2H2. The van der Waals surface area contributed by atoms with Crippen LogP contribution in [-0.4, -0.2) is 38.3 Å². The van der Waals surface area contributed by atoms with E-state index in [0.717, 1.165) is 6.33 Å². The fraction of sp³-hybridized carbons (Fsp3) is 0.333. The van der Waals surface area contributed by atoms with Crippen LogP contribution in [0.15, 0.2) is 17.6 Å². The van der Waals surface area contributed by atoms with Gasteiger partial charge in [0.05, 0.1) is 15.1 Å². The van der Waals surface area contributed by atoms with Crippen LogP contribution in [0.25, 0.3) is 0 Å². The predicted octanol–water partition coefficient (Wildman–Crippen LogP) is 0.423. The molecule has 0 N–H and O–H groups in total. The van der Waals surface area contributed by atoms with E-state index in [1.54, 1.807) is 22.6 Å². The lowest BCUT2D eigenvalue weighted by Crippen LogP contribution is -2.16. The van der Waals surface area contributed by atoms with Gasteiger partial charge in [0.15, 0.2) is 14.9 Å². The molecular formula is C6H6ClIN2O4S2. The number of aromatic nitrogens is 2. The van der Waals surface area contributed by atoms with E-state index in [4.69, 9.17) is 10.7 Å². The average Bonchev–Trinajstić information content (AvgIpc) is 2.14. The Morgan fingerprint density at radius 3 is 2.38 bits per heavy atom. The second kappa shape index (κ2) is 5.10. The topological polar surface area (TPSA) is 94.1 Å². The molecule has 16 heavy (non-hydrogen) atoms. The zero-order valence-corrected chi connectivity index (χ0v) is 12.2. The molecule has 1 heterocycles. The van der Waals surface area contributed by atoms with E-state index in [1.807, 2.05) is 0 Å². The highest BCUT2D eigenvalue weighted by Gasteiger charge is 2.22. The van der Waals surface area contributed by atoms with Gasteiger partial charge < -0.3 is 0 Å². The van der Waals surface area contributed by atoms with Gasteiger partial charge in [0.25, 0.3) is 0 Å². The SMILES string of the molecule is O=S(=O)(Cl)CCS(=O)(=O)c1ncncc1I. The van der Waals surface area contributed by atoms with Gasteiger partial charge >= 0.3 is 0 Å². The van der Waals surface area contributed by atoms with Gasteiger partial charge in [-0.3, -0.25) is 0 Å². The molecule has 1 aromatic heterocycles. The van der Waals surface area contributed by atoms with Crippen LogP contribution in [0.1, 0.15) is 0 Å². The molecule has 0 atom stereocenters. The summed E-state index contributed by atoms with van der Waals surface area (Å²) in [7, 11) is -2.64. The minimum Gasteiger partial charge on any atom is -0.244 e. The van der Waals surface area contributed by atoms with Crippen LogP contribution in [0.5, 0.6) is 0 Å². The van der Waals surface area contributed by atoms with Gasteiger partial charge in [-0.15, -0.1) is 0 Å². The Labute approximate surface area is 111 Å². The number of halogens is 2. The van der Waals surface area contributed by atoms with E-state index in [9.17, 15) is 16.8 Å². The number of hydrogen-bond acceptors (Lipinski definition) is 6. The first-order valence-corrected chi connectivity index (χ1v) is 9.04. The van der Waals surface area contributed by atoms with E-state index >= 15 is 0 Å². The molecule has 10 heteroatoms. The highest BCUT2D eigenvalue weighted by atomic mass is 127. The average molecular weight is 397 g/mol. The molecule has 0 saturated carbocycles. The lowest BCUT2D eigenvalue weighted by atomic mass is 10.7. The smallest absolute Gasteiger partial charge is 0.233 e. The predicted molar refractivity (Wildman–Crippen MR) is 66.4 cm³/mol. The maximum absolute atomic E-state index is 11.7. The largest absolute Gasteiger partial charge is 0.244 e. The molecule has 0 aliphatic carbocycles. The second-order valence-electron chi connectivity index (χ2n) is 2.74. The van der Waals surface area contributed by atoms with Gasteiger partial charge in [-0.2, -0.15) is 0 Å². The van der Waals surface area contributed by atoms with Gasteiger partial charge in [0.1, 0.15) is 6.33 Å². The summed E-state index contributed by atoms with van der Waals surface area (Å²) in [4.78, 5) is 7.25. The van der Waals surface area contributed by atoms with Crippen molar-refractivity contribution in [1.29, 1.82) is 0 Å². The van der Waals surface area contributed by atoms with Gasteiger partial charge in [-0.1, -0.05) is 0 Å². The quantitative estimate of drug-likeness (QED) is 0.416. The fourth-order valence-corrected chi connectivity index (χ4v) is 5.13. The van der Waals surface area contributed by atoms with Crippen molar-refractivity contribution < 1.29 is 16.8 Å². The highest BCUT2D eigenvalue weighted by Crippen LogP contribution is 2.15. The van der Waals surface area contributed by atoms with Crippen molar-refractivity contribution in [1.82, 2.24) is 9.97 Å². The monoisotopic (exact) mass is 396 g/mol. The third-order valence-corrected chi connectivity index (χ3v) is 5.75. The molecule has 90 valence electrons. The van der Waals surface area contributed by atoms with Crippen molar-refractivity contribution in [3.63, 3.8) is 0 Å². The molecule has 0 aliphatic rings. The van der Waals surface area contributed by atoms with Crippen LogP contribution >= 0.6 is 33.3 Å². The lowest BCUT2D eigenvalue weighted by molar-refractivity contribution is 0.588. The molecule has 0 spiro atoms. The molecule has 0 amide bonds. The van der Waals surface area contributed by atoms with E-state index in [2.05, 4.69) is 9.97 Å². The van der Waals surface area contributed by atoms with Crippen LogP contribution in [0.4, 0.5) is 0 Å². The molecule has 6 nitrogen and oxygen atoms in total. The zero-order valence-electron chi connectivity index (χ0n) is 7.67. The summed E-state index contributed by atoms with van der Waals surface area (Å²) in [6.45, 7) is 0. The lowest BCUT2D eigenvalue weighted by Gasteiger charge is -2.03. The third kappa shape index (κ3) is 4.11. The van der Waals surface area contributed by atoms with E-state index in [-0.39, 0.29) is 5.03 Å². The van der Waals surface area contributed by atoms with E-state index < -0.39 is 30.4 Å². The van der Waals surface area contributed by atoms with Gasteiger partial charge in [-0.25, -0.2) is 26.8 Å². The first kappa shape index (κ1) is 14.1. The number of sulfone groups is 1. The first-order chi connectivity index (χ1) is 7.22. The Morgan fingerprint density at radius 1 is 1.25 bits per heavy atom. The minimum atomic E-state index is -3.83. The molecule has 0 fully saturated rings. The molecule has 1 rings (SSSR count).